The molecule has 1 aromatic heterocycles. The van der Waals surface area contributed by atoms with E-state index in [0.717, 1.165) is 18.7 Å². The van der Waals surface area contributed by atoms with Gasteiger partial charge in [0.25, 0.3) is 0 Å². The highest BCUT2D eigenvalue weighted by Gasteiger charge is 2.33. The van der Waals surface area contributed by atoms with Crippen molar-refractivity contribution in [2.24, 2.45) is 11.7 Å². The molecule has 0 aromatic carbocycles. The predicted octanol–water partition coefficient (Wildman–Crippen LogP) is 2.79. The molecule has 0 bridgehead atoms. The molecular weight excluding hydrogens is 212 g/mol. The normalized spacial score (nSPS) is 26.6. The van der Waals surface area contributed by atoms with Gasteiger partial charge in [-0.1, -0.05) is 13.3 Å². The lowest BCUT2D eigenvalue weighted by Gasteiger charge is -2.34. The number of hydrogen-bond acceptors (Lipinski definition) is 3. The first-order chi connectivity index (χ1) is 8.27. The molecule has 0 spiro atoms. The number of nitrogens with zero attached hydrogens (tertiary/aromatic N) is 1. The lowest BCUT2D eigenvalue weighted by Crippen LogP contribution is -2.39. The molecule has 3 heteroatoms. The smallest absolute Gasteiger partial charge is 0.120 e. The molecule has 1 heterocycles. The minimum Gasteiger partial charge on any atom is -0.468 e. The zero-order valence-corrected chi connectivity index (χ0v) is 10.9. The first-order valence-corrected chi connectivity index (χ1v) is 6.73. The number of nitrogens with two attached hydrogens (primary N) is 1. The fourth-order valence-corrected chi connectivity index (χ4v) is 3.23. The SMILES string of the molecule is CCC(c1ccco1)N(C)C1CCCC1CN. The molecule has 96 valence electrons. The molecule has 0 radical (unpaired) electrons. The molecular formula is C14H24N2O. The van der Waals surface area contributed by atoms with E-state index in [1.807, 2.05) is 6.07 Å². The van der Waals surface area contributed by atoms with Gasteiger partial charge in [-0.25, -0.2) is 0 Å². The van der Waals surface area contributed by atoms with Crippen LogP contribution >= 0.6 is 0 Å². The molecule has 2 N–H and O–H groups in total. The van der Waals surface area contributed by atoms with Crippen LogP contribution in [-0.4, -0.2) is 24.5 Å². The first kappa shape index (κ1) is 12.7. The lowest BCUT2D eigenvalue weighted by molar-refractivity contribution is 0.123. The zero-order chi connectivity index (χ0) is 12.3. The van der Waals surface area contributed by atoms with Crippen LogP contribution in [0.5, 0.6) is 0 Å². The van der Waals surface area contributed by atoms with Crippen LogP contribution in [0.4, 0.5) is 0 Å². The van der Waals surface area contributed by atoms with Gasteiger partial charge in [0.15, 0.2) is 0 Å². The Bertz CT molecular complexity index is 323. The quantitative estimate of drug-likeness (QED) is 0.854. The fraction of sp³-hybridized carbons (Fsp3) is 0.714. The van der Waals surface area contributed by atoms with E-state index in [2.05, 4.69) is 24.9 Å². The third-order valence-corrected chi connectivity index (χ3v) is 4.19. The summed E-state index contributed by atoms with van der Waals surface area (Å²) in [6.07, 6.45) is 6.71. The van der Waals surface area contributed by atoms with E-state index in [0.29, 0.717) is 18.0 Å². The third-order valence-electron chi connectivity index (χ3n) is 4.19. The summed E-state index contributed by atoms with van der Waals surface area (Å²) in [6, 6.07) is 5.06. The monoisotopic (exact) mass is 236 g/mol. The molecule has 1 aromatic rings. The maximum atomic E-state index is 5.87. The van der Waals surface area contributed by atoms with Crippen molar-refractivity contribution in [2.45, 2.75) is 44.7 Å². The highest BCUT2D eigenvalue weighted by Crippen LogP contribution is 2.34. The number of hydrogen-bond donors (Lipinski definition) is 1. The Morgan fingerprint density at radius 2 is 2.35 bits per heavy atom. The molecule has 3 atom stereocenters. The topological polar surface area (TPSA) is 42.4 Å². The van der Waals surface area contributed by atoms with E-state index in [4.69, 9.17) is 10.2 Å². The molecule has 0 aliphatic heterocycles. The summed E-state index contributed by atoms with van der Waals surface area (Å²) in [5.74, 6) is 1.74. The van der Waals surface area contributed by atoms with Crippen molar-refractivity contribution in [3.8, 4) is 0 Å². The molecule has 3 unspecified atom stereocenters. The average Bonchev–Trinajstić information content (AvgIpc) is 3.00. The lowest BCUT2D eigenvalue weighted by atomic mass is 9.99. The van der Waals surface area contributed by atoms with Crippen LogP contribution in [0.2, 0.25) is 0 Å². The fourth-order valence-electron chi connectivity index (χ4n) is 3.23. The molecule has 1 aliphatic carbocycles. The van der Waals surface area contributed by atoms with Crippen molar-refractivity contribution in [3.05, 3.63) is 24.2 Å². The van der Waals surface area contributed by atoms with Gasteiger partial charge in [0.2, 0.25) is 0 Å². The van der Waals surface area contributed by atoms with Gasteiger partial charge in [0.1, 0.15) is 5.76 Å². The van der Waals surface area contributed by atoms with Crippen LogP contribution in [0, 0.1) is 5.92 Å². The van der Waals surface area contributed by atoms with E-state index in [-0.39, 0.29) is 0 Å². The third kappa shape index (κ3) is 2.55. The van der Waals surface area contributed by atoms with Crippen LogP contribution in [0.1, 0.15) is 44.4 Å². The molecule has 0 saturated heterocycles. The van der Waals surface area contributed by atoms with Gasteiger partial charge in [-0.3, -0.25) is 4.90 Å². The van der Waals surface area contributed by atoms with Gasteiger partial charge >= 0.3 is 0 Å². The second-order valence-electron chi connectivity index (χ2n) is 5.10. The maximum Gasteiger partial charge on any atom is 0.120 e. The summed E-state index contributed by atoms with van der Waals surface area (Å²) in [5, 5.41) is 0. The highest BCUT2D eigenvalue weighted by atomic mass is 16.3. The molecule has 17 heavy (non-hydrogen) atoms. The maximum absolute atomic E-state index is 5.87. The minimum atomic E-state index is 0.391. The summed E-state index contributed by atoms with van der Waals surface area (Å²) < 4.78 is 5.56. The van der Waals surface area contributed by atoms with Crippen LogP contribution in [0.15, 0.2) is 22.8 Å². The van der Waals surface area contributed by atoms with Crippen LogP contribution in [0.3, 0.4) is 0 Å². The molecule has 0 amide bonds. The van der Waals surface area contributed by atoms with Crippen molar-refractivity contribution in [3.63, 3.8) is 0 Å². The van der Waals surface area contributed by atoms with Gasteiger partial charge in [0.05, 0.1) is 12.3 Å². The highest BCUT2D eigenvalue weighted by molar-refractivity contribution is 5.05. The van der Waals surface area contributed by atoms with Gasteiger partial charge in [-0.15, -0.1) is 0 Å². The largest absolute Gasteiger partial charge is 0.468 e. The van der Waals surface area contributed by atoms with E-state index in [9.17, 15) is 0 Å². The summed E-state index contributed by atoms with van der Waals surface area (Å²) in [7, 11) is 2.22. The Hall–Kier alpha value is -0.800. The Morgan fingerprint density at radius 3 is 2.94 bits per heavy atom. The summed E-state index contributed by atoms with van der Waals surface area (Å²) >= 11 is 0. The minimum absolute atomic E-state index is 0.391. The molecule has 1 saturated carbocycles. The van der Waals surface area contributed by atoms with Crippen molar-refractivity contribution >= 4 is 0 Å². The number of furan rings is 1. The molecule has 2 rings (SSSR count). The zero-order valence-electron chi connectivity index (χ0n) is 10.9. The summed E-state index contributed by atoms with van der Waals surface area (Å²) in [5.41, 5.74) is 5.87. The van der Waals surface area contributed by atoms with Gasteiger partial charge in [-0.2, -0.15) is 0 Å². The van der Waals surface area contributed by atoms with Crippen LogP contribution in [-0.2, 0) is 0 Å². The van der Waals surface area contributed by atoms with E-state index in [1.54, 1.807) is 6.26 Å². The second kappa shape index (κ2) is 5.69. The number of rotatable bonds is 5. The average molecular weight is 236 g/mol. The summed E-state index contributed by atoms with van der Waals surface area (Å²) in [4.78, 5) is 2.48. The van der Waals surface area contributed by atoms with Crippen molar-refractivity contribution in [1.29, 1.82) is 0 Å². The van der Waals surface area contributed by atoms with Gasteiger partial charge in [-0.05, 0) is 50.9 Å². The Balaban J connectivity index is 2.09. The van der Waals surface area contributed by atoms with Gasteiger partial charge < -0.3 is 10.2 Å². The van der Waals surface area contributed by atoms with Crippen LogP contribution < -0.4 is 5.73 Å². The Kier molecular flexibility index (Phi) is 4.24. The van der Waals surface area contributed by atoms with Crippen molar-refractivity contribution < 1.29 is 4.42 Å². The van der Waals surface area contributed by atoms with Crippen molar-refractivity contribution in [1.82, 2.24) is 4.90 Å². The van der Waals surface area contributed by atoms with E-state index >= 15 is 0 Å². The van der Waals surface area contributed by atoms with Gasteiger partial charge in [0, 0.05) is 6.04 Å². The van der Waals surface area contributed by atoms with Crippen LogP contribution in [0.25, 0.3) is 0 Å². The van der Waals surface area contributed by atoms with Crippen molar-refractivity contribution in [2.75, 3.05) is 13.6 Å². The van der Waals surface area contributed by atoms with E-state index in [1.165, 1.54) is 19.3 Å². The first-order valence-electron chi connectivity index (χ1n) is 6.73. The molecule has 3 nitrogen and oxygen atoms in total. The predicted molar refractivity (Wildman–Crippen MR) is 69.7 cm³/mol. The Morgan fingerprint density at radius 1 is 1.53 bits per heavy atom. The molecule has 1 fully saturated rings. The molecule has 1 aliphatic rings. The summed E-state index contributed by atoms with van der Waals surface area (Å²) in [6.45, 7) is 3.03. The Labute approximate surface area is 104 Å². The standard InChI is InChI=1S/C14H24N2O/c1-3-12(14-8-5-9-17-14)16(2)13-7-4-6-11(13)10-15/h5,8-9,11-13H,3-4,6-7,10,15H2,1-2H3. The second-order valence-corrected chi connectivity index (χ2v) is 5.10. The van der Waals surface area contributed by atoms with E-state index < -0.39 is 0 Å².